The minimum atomic E-state index is -0.509. The number of benzene rings is 1. The lowest BCUT2D eigenvalue weighted by molar-refractivity contribution is -0.139. The van der Waals surface area contributed by atoms with E-state index in [1.54, 1.807) is 0 Å². The van der Waals surface area contributed by atoms with Crippen molar-refractivity contribution in [1.29, 1.82) is 0 Å². The van der Waals surface area contributed by atoms with Crippen molar-refractivity contribution in [2.75, 3.05) is 6.61 Å². The monoisotopic (exact) mass is 233 g/mol. The molecule has 1 saturated heterocycles. The molecule has 1 aliphatic heterocycles. The predicted octanol–water partition coefficient (Wildman–Crippen LogP) is 2.35. The third kappa shape index (κ3) is 3.01. The third-order valence-corrected chi connectivity index (χ3v) is 2.69. The molecule has 0 aromatic heterocycles. The van der Waals surface area contributed by atoms with E-state index >= 15 is 0 Å². The van der Waals surface area contributed by atoms with Gasteiger partial charge in [0.25, 0.3) is 0 Å². The van der Waals surface area contributed by atoms with Gasteiger partial charge in [-0.3, -0.25) is 0 Å². The van der Waals surface area contributed by atoms with Crippen molar-refractivity contribution >= 4 is 6.08 Å². The van der Waals surface area contributed by atoms with Gasteiger partial charge in [-0.2, -0.15) is 0 Å². The topological polar surface area (TPSA) is 47.9 Å². The van der Waals surface area contributed by atoms with Crippen LogP contribution < -0.4 is 0 Å². The number of aliphatic imine (C=N–C) groups is 1. The minimum absolute atomic E-state index is 0.0198. The first kappa shape index (κ1) is 12.0. The standard InChI is InChI=1S/C13H15NO3/c1-13(2)16-8-12(17-13)11-5-3-10(4-6-11)7-14-9-15/h3-6,12H,7-8H2,1-2H3. The zero-order valence-corrected chi connectivity index (χ0v) is 9.97. The highest BCUT2D eigenvalue weighted by molar-refractivity contribution is 5.34. The van der Waals surface area contributed by atoms with Crippen molar-refractivity contribution in [2.24, 2.45) is 4.99 Å². The average molecular weight is 233 g/mol. The second kappa shape index (κ2) is 4.80. The second-order valence-corrected chi connectivity index (χ2v) is 4.47. The summed E-state index contributed by atoms with van der Waals surface area (Å²) >= 11 is 0. The van der Waals surface area contributed by atoms with E-state index in [0.29, 0.717) is 13.2 Å². The molecule has 1 atom stereocenters. The van der Waals surface area contributed by atoms with Crippen LogP contribution in [-0.2, 0) is 20.8 Å². The number of hydrogen-bond acceptors (Lipinski definition) is 4. The summed E-state index contributed by atoms with van der Waals surface area (Å²) in [5, 5.41) is 0. The van der Waals surface area contributed by atoms with Gasteiger partial charge in [0.1, 0.15) is 6.10 Å². The molecule has 1 unspecified atom stereocenters. The fourth-order valence-corrected chi connectivity index (χ4v) is 1.81. The summed E-state index contributed by atoms with van der Waals surface area (Å²) in [5.74, 6) is -0.509. The number of ether oxygens (including phenoxy) is 2. The summed E-state index contributed by atoms with van der Waals surface area (Å²) in [7, 11) is 0. The minimum Gasteiger partial charge on any atom is -0.347 e. The molecule has 2 rings (SSSR count). The number of nitrogens with zero attached hydrogens (tertiary/aromatic N) is 1. The van der Waals surface area contributed by atoms with E-state index < -0.39 is 5.79 Å². The molecule has 1 aromatic carbocycles. The van der Waals surface area contributed by atoms with Gasteiger partial charge in [-0.05, 0) is 25.0 Å². The Labute approximate surface area is 100 Å². The van der Waals surface area contributed by atoms with Gasteiger partial charge in [0.05, 0.1) is 13.2 Å². The molecule has 1 fully saturated rings. The molecule has 4 nitrogen and oxygen atoms in total. The van der Waals surface area contributed by atoms with Gasteiger partial charge >= 0.3 is 0 Å². The van der Waals surface area contributed by atoms with Crippen LogP contribution in [0.4, 0.5) is 0 Å². The lowest BCUT2D eigenvalue weighted by Gasteiger charge is -2.17. The van der Waals surface area contributed by atoms with Gasteiger partial charge in [0.15, 0.2) is 5.79 Å². The maximum absolute atomic E-state index is 10.00. The van der Waals surface area contributed by atoms with Crippen LogP contribution in [0, 0.1) is 0 Å². The fraction of sp³-hybridized carbons (Fsp3) is 0.462. The fourth-order valence-electron chi connectivity index (χ4n) is 1.81. The zero-order chi connectivity index (χ0) is 12.3. The lowest BCUT2D eigenvalue weighted by Crippen LogP contribution is -2.19. The van der Waals surface area contributed by atoms with Crippen molar-refractivity contribution < 1.29 is 14.3 Å². The van der Waals surface area contributed by atoms with Crippen LogP contribution in [0.25, 0.3) is 0 Å². The molecule has 0 N–H and O–H groups in total. The first-order valence-corrected chi connectivity index (χ1v) is 5.55. The maximum Gasteiger partial charge on any atom is 0.235 e. The molecule has 17 heavy (non-hydrogen) atoms. The van der Waals surface area contributed by atoms with Crippen LogP contribution >= 0.6 is 0 Å². The molecule has 90 valence electrons. The Morgan fingerprint density at radius 1 is 1.41 bits per heavy atom. The SMILES string of the molecule is CC1(C)OCC(c2ccc(CN=C=O)cc2)O1. The first-order chi connectivity index (χ1) is 8.11. The van der Waals surface area contributed by atoms with Crippen molar-refractivity contribution in [3.63, 3.8) is 0 Å². The highest BCUT2D eigenvalue weighted by Crippen LogP contribution is 2.32. The zero-order valence-electron chi connectivity index (χ0n) is 9.97. The van der Waals surface area contributed by atoms with Crippen LogP contribution in [0.1, 0.15) is 31.1 Å². The van der Waals surface area contributed by atoms with Crippen LogP contribution in [0.15, 0.2) is 29.3 Å². The quantitative estimate of drug-likeness (QED) is 0.594. The van der Waals surface area contributed by atoms with E-state index in [9.17, 15) is 4.79 Å². The molecule has 4 heteroatoms. The summed E-state index contributed by atoms with van der Waals surface area (Å²) in [5.41, 5.74) is 2.06. The highest BCUT2D eigenvalue weighted by atomic mass is 16.7. The molecule has 1 aromatic rings. The smallest absolute Gasteiger partial charge is 0.235 e. The van der Waals surface area contributed by atoms with Gasteiger partial charge in [0.2, 0.25) is 6.08 Å². The van der Waals surface area contributed by atoms with E-state index in [2.05, 4.69) is 4.99 Å². The third-order valence-electron chi connectivity index (χ3n) is 2.69. The summed E-state index contributed by atoms with van der Waals surface area (Å²) in [6.07, 6.45) is 1.51. The predicted molar refractivity (Wildman–Crippen MR) is 62.1 cm³/mol. The molecule has 0 saturated carbocycles. The van der Waals surface area contributed by atoms with E-state index in [1.165, 1.54) is 6.08 Å². The molecule has 1 heterocycles. The van der Waals surface area contributed by atoms with E-state index in [4.69, 9.17) is 9.47 Å². The van der Waals surface area contributed by atoms with Crippen molar-refractivity contribution in [3.8, 4) is 0 Å². The summed E-state index contributed by atoms with van der Waals surface area (Å²) in [6.45, 7) is 4.75. The van der Waals surface area contributed by atoms with E-state index in [1.807, 2.05) is 38.1 Å². The van der Waals surface area contributed by atoms with Gasteiger partial charge in [-0.15, -0.1) is 0 Å². The summed E-state index contributed by atoms with van der Waals surface area (Å²) in [6, 6.07) is 7.83. The average Bonchev–Trinajstić information content (AvgIpc) is 2.68. The van der Waals surface area contributed by atoms with Crippen molar-refractivity contribution in [3.05, 3.63) is 35.4 Å². The van der Waals surface area contributed by atoms with E-state index in [0.717, 1.165) is 11.1 Å². The van der Waals surface area contributed by atoms with Crippen molar-refractivity contribution in [1.82, 2.24) is 0 Å². The summed E-state index contributed by atoms with van der Waals surface area (Å²) < 4.78 is 11.3. The van der Waals surface area contributed by atoms with Gasteiger partial charge in [-0.1, -0.05) is 24.3 Å². The molecular formula is C13H15NO3. The Bertz CT molecular complexity index is 432. The second-order valence-electron chi connectivity index (χ2n) is 4.47. The Morgan fingerprint density at radius 3 is 2.65 bits per heavy atom. The Hall–Kier alpha value is -1.48. The first-order valence-electron chi connectivity index (χ1n) is 5.55. The Morgan fingerprint density at radius 2 is 2.12 bits per heavy atom. The number of hydrogen-bond donors (Lipinski definition) is 0. The molecule has 0 amide bonds. The summed E-state index contributed by atoms with van der Waals surface area (Å²) in [4.78, 5) is 13.5. The van der Waals surface area contributed by atoms with Crippen LogP contribution in [0.2, 0.25) is 0 Å². The molecular weight excluding hydrogens is 218 g/mol. The van der Waals surface area contributed by atoms with Gasteiger partial charge in [0, 0.05) is 0 Å². The molecule has 0 aliphatic carbocycles. The van der Waals surface area contributed by atoms with Crippen LogP contribution in [-0.4, -0.2) is 18.5 Å². The highest BCUT2D eigenvalue weighted by Gasteiger charge is 2.33. The molecule has 0 bridgehead atoms. The van der Waals surface area contributed by atoms with Crippen molar-refractivity contribution in [2.45, 2.75) is 32.3 Å². The lowest BCUT2D eigenvalue weighted by atomic mass is 10.1. The van der Waals surface area contributed by atoms with Crippen LogP contribution in [0.3, 0.4) is 0 Å². The van der Waals surface area contributed by atoms with Gasteiger partial charge < -0.3 is 9.47 Å². The largest absolute Gasteiger partial charge is 0.347 e. The Kier molecular flexibility index (Phi) is 3.38. The number of carbonyl (C=O) groups excluding carboxylic acids is 1. The Balaban J connectivity index is 2.06. The molecule has 1 aliphatic rings. The molecule has 0 spiro atoms. The number of isocyanates is 1. The van der Waals surface area contributed by atoms with E-state index in [-0.39, 0.29) is 6.10 Å². The van der Waals surface area contributed by atoms with Gasteiger partial charge in [-0.25, -0.2) is 9.79 Å². The normalized spacial score (nSPS) is 22.1. The maximum atomic E-state index is 10.00. The van der Waals surface area contributed by atoms with Crippen LogP contribution in [0.5, 0.6) is 0 Å². The number of rotatable bonds is 3. The molecule has 0 radical (unpaired) electrons.